The first-order valence-electron chi connectivity index (χ1n) is 11.7. The lowest BCUT2D eigenvalue weighted by Crippen LogP contribution is -2.49. The van der Waals surface area contributed by atoms with E-state index in [2.05, 4.69) is 21.7 Å². The van der Waals surface area contributed by atoms with Gasteiger partial charge >= 0.3 is 0 Å². The average Bonchev–Trinajstić information content (AvgIpc) is 3.24. The largest absolute Gasteiger partial charge is 0.377 e. The Balaban J connectivity index is 1.29. The minimum absolute atomic E-state index is 0.0698. The molecule has 0 saturated carbocycles. The van der Waals surface area contributed by atoms with E-state index in [1.165, 1.54) is 58.2 Å². The lowest BCUT2D eigenvalue weighted by atomic mass is 9.93. The van der Waals surface area contributed by atoms with Crippen molar-refractivity contribution in [1.82, 2.24) is 14.7 Å². The van der Waals surface area contributed by atoms with Crippen molar-refractivity contribution in [2.45, 2.75) is 57.2 Å². The number of likely N-dealkylation sites (tertiary alicyclic amines) is 2. The molecule has 3 aliphatic heterocycles. The van der Waals surface area contributed by atoms with Crippen molar-refractivity contribution in [2.75, 3.05) is 52.9 Å². The molecule has 5 heteroatoms. The second-order valence-corrected chi connectivity index (χ2v) is 9.43. The molecule has 0 bridgehead atoms. The maximum absolute atomic E-state index is 14.0. The Morgan fingerprint density at radius 2 is 1.76 bits per heavy atom. The number of piperidine rings is 2. The lowest BCUT2D eigenvalue weighted by Gasteiger charge is -2.41. The Bertz CT molecular complexity index is 620. The van der Waals surface area contributed by atoms with Gasteiger partial charge in [-0.15, -0.1) is 0 Å². The van der Waals surface area contributed by atoms with E-state index in [-0.39, 0.29) is 5.82 Å². The van der Waals surface area contributed by atoms with Crippen molar-refractivity contribution in [3.05, 3.63) is 35.6 Å². The van der Waals surface area contributed by atoms with Gasteiger partial charge in [0.25, 0.3) is 0 Å². The van der Waals surface area contributed by atoms with Crippen LogP contribution in [0.25, 0.3) is 0 Å². The van der Waals surface area contributed by atoms with Gasteiger partial charge in [-0.2, -0.15) is 0 Å². The summed E-state index contributed by atoms with van der Waals surface area (Å²) in [4.78, 5) is 7.66. The summed E-state index contributed by atoms with van der Waals surface area (Å²) in [5.41, 5.74) is 0.831. The fourth-order valence-corrected chi connectivity index (χ4v) is 5.31. The van der Waals surface area contributed by atoms with E-state index in [0.717, 1.165) is 44.3 Å². The standard InChI is InChI=1S/C24H38FN3O/c1-26-12-10-22(11-13-26)28(19-23-6-4-16-29-23)17-20-8-14-27(15-9-20)18-21-5-2-3-7-24(21)25/h2-3,5,7,20,22-23H,4,6,8-19H2,1H3/t23-/m1/s1. The van der Waals surface area contributed by atoms with Gasteiger partial charge in [0.1, 0.15) is 5.82 Å². The summed E-state index contributed by atoms with van der Waals surface area (Å²) in [6.45, 7) is 8.61. The van der Waals surface area contributed by atoms with Crippen molar-refractivity contribution in [2.24, 2.45) is 5.92 Å². The van der Waals surface area contributed by atoms with E-state index >= 15 is 0 Å². The van der Waals surface area contributed by atoms with Crippen LogP contribution in [0.1, 0.15) is 44.1 Å². The molecular formula is C24H38FN3O. The highest BCUT2D eigenvalue weighted by Crippen LogP contribution is 2.25. The van der Waals surface area contributed by atoms with Crippen LogP contribution in [-0.2, 0) is 11.3 Å². The van der Waals surface area contributed by atoms with Gasteiger partial charge in [-0.1, -0.05) is 18.2 Å². The highest BCUT2D eigenvalue weighted by molar-refractivity contribution is 5.17. The SMILES string of the molecule is CN1CCC(N(CC2CCN(Cc3ccccc3F)CC2)C[C@H]2CCCO2)CC1. The minimum atomic E-state index is -0.0698. The molecule has 0 aliphatic carbocycles. The third kappa shape index (κ3) is 6.00. The molecule has 1 aromatic carbocycles. The summed E-state index contributed by atoms with van der Waals surface area (Å²) in [6.07, 6.45) is 7.91. The zero-order valence-electron chi connectivity index (χ0n) is 18.1. The van der Waals surface area contributed by atoms with Crippen LogP contribution in [0.4, 0.5) is 4.39 Å². The number of halogens is 1. The van der Waals surface area contributed by atoms with Crippen LogP contribution in [0.5, 0.6) is 0 Å². The molecule has 3 fully saturated rings. The molecule has 3 saturated heterocycles. The molecule has 0 N–H and O–H groups in total. The molecule has 3 aliphatic rings. The van der Waals surface area contributed by atoms with Crippen molar-refractivity contribution in [3.63, 3.8) is 0 Å². The van der Waals surface area contributed by atoms with E-state index in [4.69, 9.17) is 4.74 Å². The Morgan fingerprint density at radius 3 is 2.45 bits per heavy atom. The van der Waals surface area contributed by atoms with Gasteiger partial charge in [0, 0.05) is 37.8 Å². The number of benzene rings is 1. The maximum atomic E-state index is 14.0. The molecule has 0 unspecified atom stereocenters. The Morgan fingerprint density at radius 1 is 1.00 bits per heavy atom. The highest BCUT2D eigenvalue weighted by Gasteiger charge is 2.30. The van der Waals surface area contributed by atoms with Crippen molar-refractivity contribution < 1.29 is 9.13 Å². The van der Waals surface area contributed by atoms with Crippen LogP contribution in [0.15, 0.2) is 24.3 Å². The normalized spacial score (nSPS) is 25.8. The molecule has 1 aromatic rings. The highest BCUT2D eigenvalue weighted by atomic mass is 19.1. The molecule has 3 heterocycles. The third-order valence-corrected chi connectivity index (χ3v) is 7.22. The summed E-state index contributed by atoms with van der Waals surface area (Å²) in [5.74, 6) is 0.688. The van der Waals surface area contributed by atoms with Crippen LogP contribution in [0.3, 0.4) is 0 Å². The van der Waals surface area contributed by atoms with E-state index in [1.807, 2.05) is 12.1 Å². The first-order valence-corrected chi connectivity index (χ1v) is 11.7. The quantitative estimate of drug-likeness (QED) is 0.692. The number of hydrogen-bond donors (Lipinski definition) is 0. The smallest absolute Gasteiger partial charge is 0.127 e. The molecule has 0 spiro atoms. The van der Waals surface area contributed by atoms with Crippen molar-refractivity contribution in [1.29, 1.82) is 0 Å². The van der Waals surface area contributed by atoms with Gasteiger partial charge in [0.2, 0.25) is 0 Å². The van der Waals surface area contributed by atoms with Crippen molar-refractivity contribution in [3.8, 4) is 0 Å². The molecule has 162 valence electrons. The summed E-state index contributed by atoms with van der Waals surface area (Å²) < 4.78 is 20.0. The van der Waals surface area contributed by atoms with Gasteiger partial charge in [-0.3, -0.25) is 9.80 Å². The fourth-order valence-electron chi connectivity index (χ4n) is 5.31. The first kappa shape index (κ1) is 21.2. The van der Waals surface area contributed by atoms with Gasteiger partial charge in [0.05, 0.1) is 6.10 Å². The average molecular weight is 404 g/mol. The summed E-state index contributed by atoms with van der Waals surface area (Å²) in [5, 5.41) is 0. The van der Waals surface area contributed by atoms with E-state index in [0.29, 0.717) is 12.1 Å². The van der Waals surface area contributed by atoms with Gasteiger partial charge in [-0.05, 0) is 83.7 Å². The van der Waals surface area contributed by atoms with Gasteiger partial charge in [-0.25, -0.2) is 4.39 Å². The van der Waals surface area contributed by atoms with Crippen LogP contribution in [0.2, 0.25) is 0 Å². The summed E-state index contributed by atoms with van der Waals surface area (Å²) >= 11 is 0. The third-order valence-electron chi connectivity index (χ3n) is 7.22. The van der Waals surface area contributed by atoms with Gasteiger partial charge in [0.15, 0.2) is 0 Å². The number of ether oxygens (including phenoxy) is 1. The molecule has 0 radical (unpaired) electrons. The molecule has 29 heavy (non-hydrogen) atoms. The number of hydrogen-bond acceptors (Lipinski definition) is 4. The Kier molecular flexibility index (Phi) is 7.57. The minimum Gasteiger partial charge on any atom is -0.377 e. The fraction of sp³-hybridized carbons (Fsp3) is 0.750. The topological polar surface area (TPSA) is 19.0 Å². The Labute approximate surface area is 176 Å². The molecule has 4 nitrogen and oxygen atoms in total. The van der Waals surface area contributed by atoms with Crippen LogP contribution in [-0.4, -0.2) is 79.8 Å². The van der Waals surface area contributed by atoms with Crippen molar-refractivity contribution >= 4 is 0 Å². The first-order chi connectivity index (χ1) is 14.2. The van der Waals surface area contributed by atoms with Gasteiger partial charge < -0.3 is 9.64 Å². The zero-order valence-corrected chi connectivity index (χ0v) is 18.1. The maximum Gasteiger partial charge on any atom is 0.127 e. The van der Waals surface area contributed by atoms with Crippen LogP contribution in [0, 0.1) is 11.7 Å². The number of nitrogens with zero attached hydrogens (tertiary/aromatic N) is 3. The molecule has 1 atom stereocenters. The Hall–Kier alpha value is -1.01. The predicted molar refractivity (Wildman–Crippen MR) is 115 cm³/mol. The molecule has 0 amide bonds. The monoisotopic (exact) mass is 403 g/mol. The predicted octanol–water partition coefficient (Wildman–Crippen LogP) is 3.61. The molecular weight excluding hydrogens is 365 g/mol. The van der Waals surface area contributed by atoms with E-state index in [9.17, 15) is 4.39 Å². The zero-order chi connectivity index (χ0) is 20.1. The second-order valence-electron chi connectivity index (χ2n) is 9.43. The summed E-state index contributed by atoms with van der Waals surface area (Å²) in [6, 6.07) is 7.93. The molecule has 4 rings (SSSR count). The van der Waals surface area contributed by atoms with Crippen LogP contribution >= 0.6 is 0 Å². The van der Waals surface area contributed by atoms with E-state index in [1.54, 1.807) is 12.1 Å². The summed E-state index contributed by atoms with van der Waals surface area (Å²) in [7, 11) is 2.24. The number of rotatable bonds is 7. The second kappa shape index (κ2) is 10.3. The lowest BCUT2D eigenvalue weighted by molar-refractivity contribution is 0.0261. The molecule has 0 aromatic heterocycles. The van der Waals surface area contributed by atoms with Crippen LogP contribution < -0.4 is 0 Å². The van der Waals surface area contributed by atoms with E-state index < -0.39 is 0 Å².